The first-order valence-electron chi connectivity index (χ1n) is 4.16. The van der Waals surface area contributed by atoms with Crippen LogP contribution in [0.15, 0.2) is 23.4 Å². The maximum absolute atomic E-state index is 13.1. The first kappa shape index (κ1) is 12.3. The van der Waals surface area contributed by atoms with E-state index in [2.05, 4.69) is 5.16 Å². The fraction of sp³-hybridized carbons (Fsp3) is 0.222. The van der Waals surface area contributed by atoms with Gasteiger partial charge in [-0.3, -0.25) is 0 Å². The number of amidine groups is 1. The van der Waals surface area contributed by atoms with Crippen LogP contribution in [0.2, 0.25) is 0 Å². The zero-order valence-corrected chi connectivity index (χ0v) is 7.92. The number of nitrogens with zero attached hydrogens (tertiary/aromatic N) is 1. The van der Waals surface area contributed by atoms with Gasteiger partial charge in [0.15, 0.2) is 0 Å². The van der Waals surface area contributed by atoms with Gasteiger partial charge in [-0.25, -0.2) is 4.39 Å². The average molecular weight is 236 g/mol. The maximum atomic E-state index is 13.1. The number of hydrogen-bond acceptors (Lipinski definition) is 2. The van der Waals surface area contributed by atoms with E-state index in [9.17, 15) is 17.6 Å². The van der Waals surface area contributed by atoms with Gasteiger partial charge in [-0.2, -0.15) is 13.2 Å². The van der Waals surface area contributed by atoms with Crippen LogP contribution in [0.5, 0.6) is 0 Å². The second-order valence-corrected chi connectivity index (χ2v) is 3.07. The van der Waals surface area contributed by atoms with Gasteiger partial charge in [0.2, 0.25) is 0 Å². The third-order valence-electron chi connectivity index (χ3n) is 1.87. The van der Waals surface area contributed by atoms with Gasteiger partial charge >= 0.3 is 6.18 Å². The molecule has 0 bridgehead atoms. The second-order valence-electron chi connectivity index (χ2n) is 3.07. The Kier molecular flexibility index (Phi) is 3.36. The van der Waals surface area contributed by atoms with E-state index in [0.29, 0.717) is 18.2 Å². The zero-order chi connectivity index (χ0) is 12.3. The molecule has 0 spiro atoms. The molecule has 1 aromatic rings. The minimum atomic E-state index is -4.55. The molecule has 3 N–H and O–H groups in total. The lowest BCUT2D eigenvalue weighted by molar-refractivity contribution is -0.137. The summed E-state index contributed by atoms with van der Waals surface area (Å²) in [5.41, 5.74) is 3.83. The Hall–Kier alpha value is -1.79. The Morgan fingerprint density at radius 3 is 2.50 bits per heavy atom. The van der Waals surface area contributed by atoms with Crippen molar-refractivity contribution in [2.75, 3.05) is 0 Å². The van der Waals surface area contributed by atoms with Crippen LogP contribution in [0, 0.1) is 5.82 Å². The quantitative estimate of drug-likeness (QED) is 0.272. The van der Waals surface area contributed by atoms with E-state index in [4.69, 9.17) is 10.9 Å². The molecular formula is C9H8F4N2O. The van der Waals surface area contributed by atoms with Crippen LogP contribution in [0.25, 0.3) is 0 Å². The van der Waals surface area contributed by atoms with Crippen molar-refractivity contribution in [3.63, 3.8) is 0 Å². The van der Waals surface area contributed by atoms with Gasteiger partial charge in [0.25, 0.3) is 0 Å². The SMILES string of the molecule is NC(Cc1cc(C(F)(F)F)ccc1F)=NO. The van der Waals surface area contributed by atoms with Crippen LogP contribution in [-0.4, -0.2) is 11.0 Å². The van der Waals surface area contributed by atoms with E-state index in [1.807, 2.05) is 0 Å². The largest absolute Gasteiger partial charge is 0.416 e. The third kappa shape index (κ3) is 2.85. The van der Waals surface area contributed by atoms with Crippen LogP contribution in [0.1, 0.15) is 11.1 Å². The van der Waals surface area contributed by atoms with Gasteiger partial charge in [0.05, 0.1) is 5.56 Å². The van der Waals surface area contributed by atoms with Crippen molar-refractivity contribution in [2.24, 2.45) is 10.9 Å². The average Bonchev–Trinajstić information content (AvgIpc) is 2.19. The van der Waals surface area contributed by atoms with E-state index in [1.165, 1.54) is 0 Å². The summed E-state index contributed by atoms with van der Waals surface area (Å²) in [4.78, 5) is 0. The predicted molar refractivity (Wildman–Crippen MR) is 48.5 cm³/mol. The minimum absolute atomic E-state index is 0.273. The van der Waals surface area contributed by atoms with Gasteiger partial charge in [-0.1, -0.05) is 5.16 Å². The molecule has 0 saturated carbocycles. The van der Waals surface area contributed by atoms with Gasteiger partial charge in [0.1, 0.15) is 11.7 Å². The molecule has 0 heterocycles. The lowest BCUT2D eigenvalue weighted by Gasteiger charge is -2.09. The molecule has 0 aliphatic carbocycles. The van der Waals surface area contributed by atoms with Crippen LogP contribution >= 0.6 is 0 Å². The van der Waals surface area contributed by atoms with Gasteiger partial charge in [0, 0.05) is 6.42 Å². The smallest absolute Gasteiger partial charge is 0.409 e. The summed E-state index contributed by atoms with van der Waals surface area (Å²) in [6.07, 6.45) is -4.93. The minimum Gasteiger partial charge on any atom is -0.409 e. The molecular weight excluding hydrogens is 228 g/mol. The van der Waals surface area contributed by atoms with Gasteiger partial charge in [-0.05, 0) is 23.8 Å². The third-order valence-corrected chi connectivity index (χ3v) is 1.87. The van der Waals surface area contributed by atoms with Crippen LogP contribution in [-0.2, 0) is 12.6 Å². The topological polar surface area (TPSA) is 58.6 Å². The number of benzene rings is 1. The molecule has 88 valence electrons. The Bertz CT molecular complexity index is 414. The highest BCUT2D eigenvalue weighted by atomic mass is 19.4. The number of oxime groups is 1. The number of halogens is 4. The molecule has 0 unspecified atom stereocenters. The summed E-state index contributed by atoms with van der Waals surface area (Å²) >= 11 is 0. The standard InChI is InChI=1S/C9H8F4N2O/c10-7-2-1-6(9(11,12)13)3-5(7)4-8(14)15-16/h1-3,16H,4H2,(H2,14,15). The Labute approximate surface area is 88.2 Å². The summed E-state index contributed by atoms with van der Waals surface area (Å²) in [6, 6.07) is 1.96. The zero-order valence-electron chi connectivity index (χ0n) is 7.92. The highest BCUT2D eigenvalue weighted by Crippen LogP contribution is 2.30. The van der Waals surface area contributed by atoms with Crippen molar-refractivity contribution >= 4 is 5.84 Å². The van der Waals surface area contributed by atoms with Crippen molar-refractivity contribution < 1.29 is 22.8 Å². The summed E-state index contributed by atoms with van der Waals surface area (Å²) in [7, 11) is 0. The number of nitrogens with two attached hydrogens (primary N) is 1. The maximum Gasteiger partial charge on any atom is 0.416 e. The highest BCUT2D eigenvalue weighted by molar-refractivity contribution is 5.82. The van der Waals surface area contributed by atoms with E-state index < -0.39 is 17.6 Å². The van der Waals surface area contributed by atoms with E-state index in [0.717, 1.165) is 0 Å². The molecule has 0 radical (unpaired) electrons. The van der Waals surface area contributed by atoms with Crippen LogP contribution in [0.3, 0.4) is 0 Å². The normalized spacial score (nSPS) is 12.9. The van der Waals surface area contributed by atoms with Crippen molar-refractivity contribution in [3.8, 4) is 0 Å². The molecule has 1 rings (SSSR count). The highest BCUT2D eigenvalue weighted by Gasteiger charge is 2.31. The summed E-state index contributed by atoms with van der Waals surface area (Å²) in [5, 5.41) is 10.8. The Morgan fingerprint density at radius 2 is 2.00 bits per heavy atom. The van der Waals surface area contributed by atoms with Crippen molar-refractivity contribution in [2.45, 2.75) is 12.6 Å². The van der Waals surface area contributed by atoms with Crippen LogP contribution < -0.4 is 5.73 Å². The predicted octanol–water partition coefficient (Wildman–Crippen LogP) is 2.13. The van der Waals surface area contributed by atoms with E-state index >= 15 is 0 Å². The van der Waals surface area contributed by atoms with E-state index in [1.54, 1.807) is 0 Å². The molecule has 0 aliphatic heterocycles. The van der Waals surface area contributed by atoms with Crippen molar-refractivity contribution in [1.29, 1.82) is 0 Å². The summed E-state index contributed by atoms with van der Waals surface area (Å²) < 4.78 is 50.0. The second kappa shape index (κ2) is 4.38. The molecule has 7 heteroatoms. The molecule has 1 aromatic carbocycles. The van der Waals surface area contributed by atoms with Gasteiger partial charge < -0.3 is 10.9 Å². The van der Waals surface area contributed by atoms with E-state index in [-0.39, 0.29) is 17.8 Å². The first-order chi connectivity index (χ1) is 7.34. The number of hydrogen-bond donors (Lipinski definition) is 2. The molecule has 3 nitrogen and oxygen atoms in total. The number of rotatable bonds is 2. The molecule has 0 fully saturated rings. The fourth-order valence-corrected chi connectivity index (χ4v) is 1.12. The van der Waals surface area contributed by atoms with Gasteiger partial charge in [-0.15, -0.1) is 0 Å². The molecule has 0 atom stereocenters. The van der Waals surface area contributed by atoms with Crippen molar-refractivity contribution in [3.05, 3.63) is 35.1 Å². The molecule has 16 heavy (non-hydrogen) atoms. The summed E-state index contributed by atoms with van der Waals surface area (Å²) in [5.74, 6) is -1.20. The molecule has 0 saturated heterocycles. The number of alkyl halides is 3. The molecule has 0 amide bonds. The van der Waals surface area contributed by atoms with Crippen LogP contribution in [0.4, 0.5) is 17.6 Å². The monoisotopic (exact) mass is 236 g/mol. The Balaban J connectivity index is 3.09. The lowest BCUT2D eigenvalue weighted by Crippen LogP contribution is -2.16. The Morgan fingerprint density at radius 1 is 1.38 bits per heavy atom. The fourth-order valence-electron chi connectivity index (χ4n) is 1.12. The summed E-state index contributed by atoms with van der Waals surface area (Å²) in [6.45, 7) is 0. The molecule has 0 aromatic heterocycles. The first-order valence-corrected chi connectivity index (χ1v) is 4.16. The van der Waals surface area contributed by atoms with Crippen molar-refractivity contribution in [1.82, 2.24) is 0 Å². The molecule has 0 aliphatic rings. The lowest BCUT2D eigenvalue weighted by atomic mass is 10.1.